The van der Waals surface area contributed by atoms with Gasteiger partial charge in [0.2, 0.25) is 0 Å². The molecule has 0 saturated heterocycles. The quantitative estimate of drug-likeness (QED) is 0.608. The zero-order valence-corrected chi connectivity index (χ0v) is 11.2. The number of likely N-dealkylation sites (N-methyl/N-ethyl adjacent to an activating group) is 1. The van der Waals surface area contributed by atoms with E-state index in [9.17, 15) is 9.59 Å². The largest absolute Gasteiger partial charge is 0.481 e. The first-order valence-electron chi connectivity index (χ1n) is 5.38. The van der Waals surface area contributed by atoms with Crippen LogP contribution in [0.1, 0.15) is 20.3 Å². The van der Waals surface area contributed by atoms with Crippen LogP contribution >= 0.6 is 0 Å². The van der Waals surface area contributed by atoms with Crippen molar-refractivity contribution >= 4 is 11.9 Å². The summed E-state index contributed by atoms with van der Waals surface area (Å²) in [5.74, 6) is -1.93. The maximum Gasteiger partial charge on any atom is 0.306 e. The Morgan fingerprint density at radius 3 is 1.65 bits per heavy atom. The number of carboxylic acid groups (broad SMARTS) is 2. The Bertz CT molecular complexity index is 245. The Morgan fingerprint density at radius 2 is 1.47 bits per heavy atom. The molecule has 0 aromatic heterocycles. The van der Waals surface area contributed by atoms with E-state index in [0.717, 1.165) is 0 Å². The van der Waals surface area contributed by atoms with Gasteiger partial charge in [-0.25, -0.2) is 0 Å². The SMILES string of the molecule is CC(C)C(=O)O.C[N+](C)(C)C[C@@H](O)CC(=O)O. The van der Waals surface area contributed by atoms with Crippen LogP contribution < -0.4 is 0 Å². The van der Waals surface area contributed by atoms with E-state index >= 15 is 0 Å². The first kappa shape index (κ1) is 18.2. The third kappa shape index (κ3) is 17.5. The summed E-state index contributed by atoms with van der Waals surface area (Å²) in [6.07, 6.45) is -0.914. The number of aliphatic hydroxyl groups is 1. The molecule has 0 aromatic carbocycles. The molecule has 0 heterocycles. The maximum atomic E-state index is 10.1. The molecule has 0 radical (unpaired) electrons. The molecule has 0 spiro atoms. The first-order chi connectivity index (χ1) is 7.45. The van der Waals surface area contributed by atoms with Gasteiger partial charge in [-0.1, -0.05) is 13.8 Å². The van der Waals surface area contributed by atoms with Crippen LogP contribution in [0.15, 0.2) is 0 Å². The van der Waals surface area contributed by atoms with E-state index in [0.29, 0.717) is 11.0 Å². The Balaban J connectivity index is 0. The van der Waals surface area contributed by atoms with E-state index in [2.05, 4.69) is 0 Å². The first-order valence-corrected chi connectivity index (χ1v) is 5.38. The molecule has 0 saturated carbocycles. The van der Waals surface area contributed by atoms with Crippen LogP contribution in [0.25, 0.3) is 0 Å². The van der Waals surface area contributed by atoms with Gasteiger partial charge in [-0.2, -0.15) is 0 Å². The molecular formula is C11H24NO5+. The predicted molar refractivity (Wildman–Crippen MR) is 63.6 cm³/mol. The van der Waals surface area contributed by atoms with Crippen molar-refractivity contribution in [2.24, 2.45) is 5.92 Å². The molecule has 17 heavy (non-hydrogen) atoms. The second-order valence-corrected chi connectivity index (χ2v) is 5.22. The van der Waals surface area contributed by atoms with Crippen molar-refractivity contribution in [3.8, 4) is 0 Å². The van der Waals surface area contributed by atoms with E-state index in [-0.39, 0.29) is 12.3 Å². The number of carbonyl (C=O) groups is 2. The van der Waals surface area contributed by atoms with Crippen LogP contribution in [0.2, 0.25) is 0 Å². The van der Waals surface area contributed by atoms with Gasteiger partial charge in [-0.05, 0) is 0 Å². The minimum absolute atomic E-state index is 0.171. The number of hydrogen-bond acceptors (Lipinski definition) is 3. The molecular weight excluding hydrogens is 226 g/mol. The third-order valence-electron chi connectivity index (χ3n) is 1.66. The molecule has 0 amide bonds. The number of quaternary nitrogens is 1. The summed E-state index contributed by atoms with van der Waals surface area (Å²) in [6, 6.07) is 0. The molecule has 3 N–H and O–H groups in total. The molecule has 0 aliphatic heterocycles. The van der Waals surface area contributed by atoms with E-state index in [1.807, 2.05) is 21.1 Å². The molecule has 1 atom stereocenters. The number of aliphatic carboxylic acids is 2. The van der Waals surface area contributed by atoms with Gasteiger partial charge in [0.1, 0.15) is 12.6 Å². The molecule has 0 rings (SSSR count). The van der Waals surface area contributed by atoms with Crippen LogP contribution in [0.5, 0.6) is 0 Å². The normalized spacial score (nSPS) is 12.6. The van der Waals surface area contributed by atoms with Crippen molar-refractivity contribution in [3.05, 3.63) is 0 Å². The van der Waals surface area contributed by atoms with E-state index in [4.69, 9.17) is 15.3 Å². The molecule has 0 aromatic rings. The Labute approximate surface area is 102 Å². The third-order valence-corrected chi connectivity index (χ3v) is 1.66. The van der Waals surface area contributed by atoms with Gasteiger partial charge in [0.15, 0.2) is 0 Å². The van der Waals surface area contributed by atoms with Crippen LogP contribution in [-0.4, -0.2) is 65.5 Å². The number of rotatable bonds is 5. The topological polar surface area (TPSA) is 94.8 Å². The van der Waals surface area contributed by atoms with E-state index in [1.165, 1.54) is 0 Å². The fourth-order valence-electron chi connectivity index (χ4n) is 0.898. The summed E-state index contributed by atoms with van der Waals surface area (Å²) in [6.45, 7) is 3.75. The van der Waals surface area contributed by atoms with Gasteiger partial charge in [-0.3, -0.25) is 9.59 Å². The van der Waals surface area contributed by atoms with Gasteiger partial charge in [0.05, 0.1) is 33.5 Å². The van der Waals surface area contributed by atoms with Gasteiger partial charge in [-0.15, -0.1) is 0 Å². The van der Waals surface area contributed by atoms with Crippen molar-refractivity contribution < 1.29 is 29.4 Å². The van der Waals surface area contributed by atoms with Crippen LogP contribution in [0, 0.1) is 5.92 Å². The van der Waals surface area contributed by atoms with Gasteiger partial charge in [0, 0.05) is 0 Å². The number of aliphatic hydroxyl groups excluding tert-OH is 1. The molecule has 0 aliphatic carbocycles. The molecule has 0 aliphatic rings. The predicted octanol–water partition coefficient (Wildman–Crippen LogP) is 0.255. The average molecular weight is 250 g/mol. The molecule has 0 bridgehead atoms. The van der Waals surface area contributed by atoms with Crippen LogP contribution in [0.4, 0.5) is 0 Å². The lowest BCUT2D eigenvalue weighted by Crippen LogP contribution is -2.42. The fourth-order valence-corrected chi connectivity index (χ4v) is 0.898. The average Bonchev–Trinajstić information content (AvgIpc) is 1.98. The molecule has 6 nitrogen and oxygen atoms in total. The summed E-state index contributed by atoms with van der Waals surface area (Å²) >= 11 is 0. The van der Waals surface area contributed by atoms with Crippen molar-refractivity contribution in [1.82, 2.24) is 0 Å². The minimum atomic E-state index is -0.953. The lowest BCUT2D eigenvalue weighted by atomic mass is 10.2. The Hall–Kier alpha value is -1.14. The Morgan fingerprint density at radius 1 is 1.12 bits per heavy atom. The second kappa shape index (κ2) is 8.03. The lowest BCUT2D eigenvalue weighted by Gasteiger charge is -2.25. The highest BCUT2D eigenvalue weighted by atomic mass is 16.4. The summed E-state index contributed by atoms with van der Waals surface area (Å²) < 4.78 is 0.578. The summed E-state index contributed by atoms with van der Waals surface area (Å²) in [5.41, 5.74) is 0. The molecule has 0 unspecified atom stereocenters. The van der Waals surface area contributed by atoms with E-state index in [1.54, 1.807) is 13.8 Å². The van der Waals surface area contributed by atoms with Crippen molar-refractivity contribution in [1.29, 1.82) is 0 Å². The minimum Gasteiger partial charge on any atom is -0.481 e. The zero-order chi connectivity index (χ0) is 14.2. The van der Waals surface area contributed by atoms with Gasteiger partial charge in [0.25, 0.3) is 0 Å². The second-order valence-electron chi connectivity index (χ2n) is 5.22. The Kier molecular flexibility index (Phi) is 8.61. The number of hydrogen-bond donors (Lipinski definition) is 3. The zero-order valence-electron chi connectivity index (χ0n) is 11.2. The van der Waals surface area contributed by atoms with Crippen LogP contribution in [-0.2, 0) is 9.59 Å². The maximum absolute atomic E-state index is 10.1. The number of carboxylic acids is 2. The highest BCUT2D eigenvalue weighted by Gasteiger charge is 2.17. The summed E-state index contributed by atoms with van der Waals surface area (Å²) in [5, 5.41) is 25.5. The fraction of sp³-hybridized carbons (Fsp3) is 0.818. The van der Waals surface area contributed by atoms with Crippen molar-refractivity contribution in [2.75, 3.05) is 27.7 Å². The lowest BCUT2D eigenvalue weighted by molar-refractivity contribution is -0.873. The van der Waals surface area contributed by atoms with Crippen molar-refractivity contribution in [3.63, 3.8) is 0 Å². The smallest absolute Gasteiger partial charge is 0.306 e. The van der Waals surface area contributed by atoms with Crippen molar-refractivity contribution in [2.45, 2.75) is 26.4 Å². The highest BCUT2D eigenvalue weighted by molar-refractivity contribution is 5.68. The molecule has 6 heteroatoms. The molecule has 102 valence electrons. The molecule has 0 fully saturated rings. The van der Waals surface area contributed by atoms with E-state index < -0.39 is 18.0 Å². The summed E-state index contributed by atoms with van der Waals surface area (Å²) in [7, 11) is 5.72. The standard InChI is InChI=1S/C7H15NO3.C4H8O2/c1-8(2,3)5-6(9)4-7(10)11;1-3(2)4(5)6/h6,9H,4-5H2,1-3H3;3H,1-2H3,(H,5,6)/p+1/t6-;/m0./s1. The van der Waals surface area contributed by atoms with Gasteiger partial charge < -0.3 is 19.8 Å². The van der Waals surface area contributed by atoms with Gasteiger partial charge >= 0.3 is 11.9 Å². The number of nitrogens with zero attached hydrogens (tertiary/aromatic N) is 1. The monoisotopic (exact) mass is 250 g/mol. The van der Waals surface area contributed by atoms with Crippen LogP contribution in [0.3, 0.4) is 0 Å². The highest BCUT2D eigenvalue weighted by Crippen LogP contribution is 1.98. The summed E-state index contributed by atoms with van der Waals surface area (Å²) in [4.78, 5) is 19.8.